The zero-order valence-corrected chi connectivity index (χ0v) is 16.4. The molecule has 0 saturated heterocycles. The zero-order chi connectivity index (χ0) is 20.0. The molecule has 2 N–H and O–H groups in total. The summed E-state index contributed by atoms with van der Waals surface area (Å²) in [7, 11) is 3.29. The van der Waals surface area contributed by atoms with Crippen LogP contribution in [0.3, 0.4) is 0 Å². The third-order valence-electron chi connectivity index (χ3n) is 5.85. The number of ether oxygens (including phenoxy) is 1. The Balaban J connectivity index is 1.95. The van der Waals surface area contributed by atoms with Crippen molar-refractivity contribution < 1.29 is 14.6 Å². The highest BCUT2D eigenvalue weighted by atomic mass is 16.5. The first-order chi connectivity index (χ1) is 13.5. The van der Waals surface area contributed by atoms with Gasteiger partial charge in [0.1, 0.15) is 5.75 Å². The van der Waals surface area contributed by atoms with Gasteiger partial charge in [0.2, 0.25) is 0 Å². The highest BCUT2D eigenvalue weighted by Gasteiger charge is 2.24. The SMILES string of the molecule is CCc1c(-c2ccc3c(c2)c2c(n3C)CCCC2)[nH]c(=O)c(C(=O)OC)c1O. The van der Waals surface area contributed by atoms with Crippen LogP contribution in [0.4, 0.5) is 0 Å². The molecule has 1 aromatic carbocycles. The second-order valence-corrected chi connectivity index (χ2v) is 7.30. The molecule has 146 valence electrons. The topological polar surface area (TPSA) is 84.3 Å². The second kappa shape index (κ2) is 6.86. The Hall–Kier alpha value is -3.02. The normalized spacial score (nSPS) is 13.5. The molecule has 0 radical (unpaired) electrons. The molecule has 0 atom stereocenters. The van der Waals surface area contributed by atoms with Gasteiger partial charge in [0.25, 0.3) is 5.56 Å². The van der Waals surface area contributed by atoms with Gasteiger partial charge in [0, 0.05) is 29.2 Å². The van der Waals surface area contributed by atoms with E-state index < -0.39 is 11.5 Å². The van der Waals surface area contributed by atoms with E-state index in [-0.39, 0.29) is 11.3 Å². The van der Waals surface area contributed by atoms with Gasteiger partial charge in [-0.3, -0.25) is 4.79 Å². The minimum atomic E-state index is -0.840. The van der Waals surface area contributed by atoms with Gasteiger partial charge in [0.05, 0.1) is 12.8 Å². The van der Waals surface area contributed by atoms with Crippen LogP contribution in [0.5, 0.6) is 5.75 Å². The van der Waals surface area contributed by atoms with Crippen LogP contribution in [0.1, 0.15) is 46.9 Å². The van der Waals surface area contributed by atoms with E-state index in [1.165, 1.54) is 42.1 Å². The highest BCUT2D eigenvalue weighted by Crippen LogP contribution is 2.36. The number of pyridine rings is 1. The Morgan fingerprint density at radius 1 is 1.29 bits per heavy atom. The van der Waals surface area contributed by atoms with E-state index in [0.717, 1.165) is 18.4 Å². The van der Waals surface area contributed by atoms with E-state index in [2.05, 4.69) is 33.5 Å². The van der Waals surface area contributed by atoms with Crippen molar-refractivity contribution >= 4 is 16.9 Å². The van der Waals surface area contributed by atoms with Crippen molar-refractivity contribution in [2.24, 2.45) is 7.05 Å². The summed E-state index contributed by atoms with van der Waals surface area (Å²) in [4.78, 5) is 27.2. The van der Waals surface area contributed by atoms with Crippen molar-refractivity contribution in [1.29, 1.82) is 0 Å². The molecule has 0 saturated carbocycles. The van der Waals surface area contributed by atoms with E-state index in [0.29, 0.717) is 17.7 Å². The number of rotatable bonds is 3. The molecule has 0 aliphatic heterocycles. The molecule has 0 unspecified atom stereocenters. The Bertz CT molecular complexity index is 1150. The molecule has 0 spiro atoms. The summed E-state index contributed by atoms with van der Waals surface area (Å²) in [5, 5.41) is 11.8. The first-order valence-corrected chi connectivity index (χ1v) is 9.64. The smallest absolute Gasteiger partial charge is 0.347 e. The van der Waals surface area contributed by atoms with Crippen LogP contribution >= 0.6 is 0 Å². The number of carbonyl (C=O) groups is 1. The van der Waals surface area contributed by atoms with E-state index in [1.807, 2.05) is 13.0 Å². The minimum absolute atomic E-state index is 0.303. The average molecular weight is 380 g/mol. The maximum Gasteiger partial charge on any atom is 0.347 e. The number of aryl methyl sites for hydroxylation is 2. The number of aromatic nitrogens is 2. The molecule has 3 aromatic rings. The standard InChI is InChI=1S/C22H24N2O4/c1-4-13-19(23-21(26)18(20(13)25)22(27)28-3)12-9-10-17-15(11-12)14-7-5-6-8-16(14)24(17)2/h9-11H,4-8H2,1-3H3,(H2,23,25,26). The summed E-state index contributed by atoms with van der Waals surface area (Å²) >= 11 is 0. The summed E-state index contributed by atoms with van der Waals surface area (Å²) in [6.45, 7) is 1.88. The van der Waals surface area contributed by atoms with E-state index in [1.54, 1.807) is 0 Å². The highest BCUT2D eigenvalue weighted by molar-refractivity contribution is 5.94. The molecule has 6 heteroatoms. The number of aromatic amines is 1. The van der Waals surface area contributed by atoms with Crippen LogP contribution in [-0.2, 0) is 31.0 Å². The number of fused-ring (bicyclic) bond motifs is 3. The molecule has 1 aliphatic rings. The Kier molecular flexibility index (Phi) is 4.49. The Morgan fingerprint density at radius 2 is 2.04 bits per heavy atom. The van der Waals surface area contributed by atoms with Crippen LogP contribution < -0.4 is 5.56 Å². The molecule has 2 heterocycles. The number of carbonyl (C=O) groups excluding carboxylic acids is 1. The minimum Gasteiger partial charge on any atom is -0.506 e. The summed E-state index contributed by atoms with van der Waals surface area (Å²) in [6.07, 6.45) is 5.00. The van der Waals surface area contributed by atoms with Crippen molar-refractivity contribution in [3.05, 3.63) is 50.9 Å². The van der Waals surface area contributed by atoms with Crippen molar-refractivity contribution in [3.8, 4) is 17.0 Å². The van der Waals surface area contributed by atoms with Crippen molar-refractivity contribution in [2.75, 3.05) is 7.11 Å². The number of hydrogen-bond donors (Lipinski definition) is 2. The molecule has 0 fully saturated rings. The largest absolute Gasteiger partial charge is 0.506 e. The summed E-state index contributed by atoms with van der Waals surface area (Å²) < 4.78 is 6.90. The number of hydrogen-bond acceptors (Lipinski definition) is 4. The van der Waals surface area contributed by atoms with Gasteiger partial charge in [-0.25, -0.2) is 4.79 Å². The van der Waals surface area contributed by atoms with E-state index in [4.69, 9.17) is 0 Å². The van der Waals surface area contributed by atoms with Gasteiger partial charge in [-0.15, -0.1) is 0 Å². The van der Waals surface area contributed by atoms with E-state index in [9.17, 15) is 14.7 Å². The van der Waals surface area contributed by atoms with Crippen LogP contribution in [0.25, 0.3) is 22.2 Å². The fraction of sp³-hybridized carbons (Fsp3) is 0.364. The van der Waals surface area contributed by atoms with Crippen molar-refractivity contribution in [3.63, 3.8) is 0 Å². The van der Waals surface area contributed by atoms with Crippen molar-refractivity contribution in [2.45, 2.75) is 39.0 Å². The van der Waals surface area contributed by atoms with E-state index >= 15 is 0 Å². The van der Waals surface area contributed by atoms with Gasteiger partial charge in [-0.05, 0) is 55.4 Å². The Morgan fingerprint density at radius 3 is 2.75 bits per heavy atom. The van der Waals surface area contributed by atoms with Crippen LogP contribution in [0.15, 0.2) is 23.0 Å². The molecule has 28 heavy (non-hydrogen) atoms. The molecule has 0 bridgehead atoms. The van der Waals surface area contributed by atoms with Crippen LogP contribution in [0.2, 0.25) is 0 Å². The quantitative estimate of drug-likeness (QED) is 0.682. The zero-order valence-electron chi connectivity index (χ0n) is 16.4. The molecular formula is C22H24N2O4. The molecule has 4 rings (SSSR count). The second-order valence-electron chi connectivity index (χ2n) is 7.30. The van der Waals surface area contributed by atoms with Gasteiger partial charge in [0.15, 0.2) is 5.56 Å². The average Bonchev–Trinajstić information content (AvgIpc) is 2.99. The van der Waals surface area contributed by atoms with Crippen LogP contribution in [-0.4, -0.2) is 27.7 Å². The maximum atomic E-state index is 12.5. The number of H-pyrrole nitrogens is 1. The fourth-order valence-corrected chi connectivity index (χ4v) is 4.43. The van der Waals surface area contributed by atoms with Gasteiger partial charge in [-0.2, -0.15) is 0 Å². The van der Waals surface area contributed by atoms with Gasteiger partial charge < -0.3 is 19.4 Å². The first kappa shape index (κ1) is 18.3. The number of esters is 1. The molecule has 2 aromatic heterocycles. The lowest BCUT2D eigenvalue weighted by atomic mass is 9.94. The third-order valence-corrected chi connectivity index (χ3v) is 5.85. The number of nitrogens with one attached hydrogen (secondary N) is 1. The van der Waals surface area contributed by atoms with Crippen LogP contribution in [0, 0.1) is 0 Å². The lowest BCUT2D eigenvalue weighted by molar-refractivity contribution is 0.0595. The third kappa shape index (κ3) is 2.63. The first-order valence-electron chi connectivity index (χ1n) is 9.64. The predicted molar refractivity (Wildman–Crippen MR) is 108 cm³/mol. The summed E-state index contributed by atoms with van der Waals surface area (Å²) in [5.41, 5.74) is 4.84. The maximum absolute atomic E-state index is 12.5. The predicted octanol–water partition coefficient (Wildman–Crippen LogP) is 3.47. The molecule has 0 amide bonds. The number of methoxy groups -OCH3 is 1. The number of aromatic hydroxyl groups is 1. The number of benzene rings is 1. The molecule has 1 aliphatic carbocycles. The number of nitrogens with zero attached hydrogens (tertiary/aromatic N) is 1. The van der Waals surface area contributed by atoms with Gasteiger partial charge in [-0.1, -0.05) is 13.0 Å². The summed E-state index contributed by atoms with van der Waals surface area (Å²) in [5.74, 6) is -1.14. The lowest BCUT2D eigenvalue weighted by Gasteiger charge is -2.14. The molecule has 6 nitrogen and oxygen atoms in total. The van der Waals surface area contributed by atoms with Crippen molar-refractivity contribution in [1.82, 2.24) is 9.55 Å². The lowest BCUT2D eigenvalue weighted by Crippen LogP contribution is -2.21. The van der Waals surface area contributed by atoms with Gasteiger partial charge >= 0.3 is 5.97 Å². The molecular weight excluding hydrogens is 356 g/mol. The Labute approximate surface area is 162 Å². The summed E-state index contributed by atoms with van der Waals surface area (Å²) in [6, 6.07) is 6.10. The fourth-order valence-electron chi connectivity index (χ4n) is 4.43. The monoisotopic (exact) mass is 380 g/mol.